The van der Waals surface area contributed by atoms with Gasteiger partial charge in [-0.05, 0) is 60.7 Å². The number of amides is 2. The number of primary sulfonamides is 1. The number of carbonyl (C=O) groups excluding carboxylic acids is 2. The van der Waals surface area contributed by atoms with Crippen LogP contribution in [0.2, 0.25) is 0 Å². The highest BCUT2D eigenvalue weighted by Gasteiger charge is 2.19. The summed E-state index contributed by atoms with van der Waals surface area (Å²) >= 11 is 0. The van der Waals surface area contributed by atoms with E-state index in [2.05, 4.69) is 10.6 Å². The van der Waals surface area contributed by atoms with Crippen molar-refractivity contribution in [2.24, 2.45) is 5.14 Å². The quantitative estimate of drug-likeness (QED) is 0.449. The van der Waals surface area contributed by atoms with Crippen molar-refractivity contribution >= 4 is 43.2 Å². The van der Waals surface area contributed by atoms with E-state index in [9.17, 15) is 26.4 Å². The molecule has 0 radical (unpaired) electrons. The molecule has 0 aromatic heterocycles. The number of rotatable bonds is 7. The van der Waals surface area contributed by atoms with Crippen molar-refractivity contribution in [3.8, 4) is 0 Å². The van der Waals surface area contributed by atoms with Crippen LogP contribution >= 0.6 is 0 Å². The second-order valence-electron chi connectivity index (χ2n) is 7.37. The van der Waals surface area contributed by atoms with Crippen LogP contribution < -0.4 is 15.8 Å². The number of carbonyl (C=O) groups is 2. The van der Waals surface area contributed by atoms with E-state index in [1.54, 1.807) is 0 Å². The molecule has 178 valence electrons. The molecule has 0 aliphatic heterocycles. The van der Waals surface area contributed by atoms with E-state index in [1.165, 1.54) is 86.9 Å². The summed E-state index contributed by atoms with van der Waals surface area (Å²) in [6, 6.07) is 17.1. The van der Waals surface area contributed by atoms with Gasteiger partial charge < -0.3 is 10.6 Å². The Morgan fingerprint density at radius 2 is 1.26 bits per heavy atom. The first-order valence-electron chi connectivity index (χ1n) is 9.76. The van der Waals surface area contributed by atoms with Crippen LogP contribution in [0.15, 0.2) is 82.6 Å². The van der Waals surface area contributed by atoms with Gasteiger partial charge in [-0.15, -0.1) is 0 Å². The maximum Gasteiger partial charge on any atom is 0.255 e. The summed E-state index contributed by atoms with van der Waals surface area (Å²) in [7, 11) is -4.80. The maximum atomic E-state index is 12.6. The van der Waals surface area contributed by atoms with Gasteiger partial charge in [0.05, 0.1) is 9.79 Å². The smallest absolute Gasteiger partial charge is 0.255 e. The Labute approximate surface area is 197 Å². The van der Waals surface area contributed by atoms with Gasteiger partial charge in [0.2, 0.25) is 20.0 Å². The van der Waals surface area contributed by atoms with Gasteiger partial charge in [-0.3, -0.25) is 9.59 Å². The standard InChI is InChI=1S/C22H22N4O6S2/c1-26(2)34(31,32)20-8-3-5-16(13-20)22(28)24-17-11-9-15(10-12-17)21(27)25-18-6-4-7-19(14-18)33(23,29)30/h3-14H,1-2H3,(H,24,28)(H,25,27)(H2,23,29,30). The van der Waals surface area contributed by atoms with Crippen molar-refractivity contribution in [2.75, 3.05) is 24.7 Å². The molecular weight excluding hydrogens is 480 g/mol. The second-order valence-corrected chi connectivity index (χ2v) is 11.1. The van der Waals surface area contributed by atoms with E-state index in [1.807, 2.05) is 0 Å². The van der Waals surface area contributed by atoms with E-state index in [-0.39, 0.29) is 26.6 Å². The number of anilines is 2. The highest BCUT2D eigenvalue weighted by molar-refractivity contribution is 7.89. The van der Waals surface area contributed by atoms with Gasteiger partial charge in [-0.2, -0.15) is 0 Å². The number of hydrogen-bond acceptors (Lipinski definition) is 6. The molecule has 34 heavy (non-hydrogen) atoms. The third kappa shape index (κ3) is 5.85. The maximum absolute atomic E-state index is 12.6. The van der Waals surface area contributed by atoms with Crippen LogP contribution in [0.1, 0.15) is 20.7 Å². The lowest BCUT2D eigenvalue weighted by atomic mass is 10.1. The van der Waals surface area contributed by atoms with Crippen molar-refractivity contribution in [3.63, 3.8) is 0 Å². The van der Waals surface area contributed by atoms with Crippen LogP contribution in [-0.2, 0) is 20.0 Å². The molecule has 3 rings (SSSR count). The third-order valence-electron chi connectivity index (χ3n) is 4.70. The molecule has 0 fully saturated rings. The van der Waals surface area contributed by atoms with Crippen LogP contribution in [0, 0.1) is 0 Å². The zero-order chi connectivity index (χ0) is 25.1. The minimum atomic E-state index is -3.91. The van der Waals surface area contributed by atoms with E-state index < -0.39 is 31.9 Å². The molecule has 0 aliphatic carbocycles. The molecule has 2 amide bonds. The number of benzene rings is 3. The van der Waals surface area contributed by atoms with Crippen LogP contribution in [0.4, 0.5) is 11.4 Å². The highest BCUT2D eigenvalue weighted by atomic mass is 32.2. The summed E-state index contributed by atoms with van der Waals surface area (Å²) in [5.74, 6) is -1.01. The lowest BCUT2D eigenvalue weighted by Crippen LogP contribution is -2.22. The monoisotopic (exact) mass is 502 g/mol. The van der Waals surface area contributed by atoms with Crippen LogP contribution in [-0.4, -0.2) is 47.1 Å². The van der Waals surface area contributed by atoms with Crippen molar-refractivity contribution in [2.45, 2.75) is 9.79 Å². The number of nitrogens with one attached hydrogen (secondary N) is 2. The Kier molecular flexibility index (Phi) is 7.17. The average Bonchev–Trinajstić information content (AvgIpc) is 2.79. The molecule has 0 aliphatic rings. The van der Waals surface area contributed by atoms with E-state index in [0.717, 1.165) is 4.31 Å². The second kappa shape index (κ2) is 9.73. The Morgan fingerprint density at radius 1 is 0.706 bits per heavy atom. The van der Waals surface area contributed by atoms with Gasteiger partial charge in [0.1, 0.15) is 0 Å². The summed E-state index contributed by atoms with van der Waals surface area (Å²) < 4.78 is 48.6. The van der Waals surface area contributed by atoms with Crippen molar-refractivity contribution in [3.05, 3.63) is 83.9 Å². The van der Waals surface area contributed by atoms with E-state index >= 15 is 0 Å². The third-order valence-corrected chi connectivity index (χ3v) is 7.42. The van der Waals surface area contributed by atoms with Crippen molar-refractivity contribution in [1.82, 2.24) is 4.31 Å². The summed E-state index contributed by atoms with van der Waals surface area (Å²) in [4.78, 5) is 24.9. The van der Waals surface area contributed by atoms with Gasteiger partial charge in [-0.25, -0.2) is 26.3 Å². The fraction of sp³-hybridized carbons (Fsp3) is 0.0909. The minimum Gasteiger partial charge on any atom is -0.322 e. The number of nitrogens with two attached hydrogens (primary N) is 1. The summed E-state index contributed by atoms with van der Waals surface area (Å²) in [6.45, 7) is 0. The van der Waals surface area contributed by atoms with E-state index in [4.69, 9.17) is 5.14 Å². The number of nitrogens with zero attached hydrogens (tertiary/aromatic N) is 1. The van der Waals surface area contributed by atoms with Crippen LogP contribution in [0.5, 0.6) is 0 Å². The molecule has 10 nitrogen and oxygen atoms in total. The van der Waals surface area contributed by atoms with Gasteiger partial charge in [0.25, 0.3) is 11.8 Å². The SMILES string of the molecule is CN(C)S(=O)(=O)c1cccc(C(=O)Nc2ccc(C(=O)Nc3cccc(S(N)(=O)=O)c3)cc2)c1. The number of hydrogen-bond donors (Lipinski definition) is 3. The Bertz CT molecular complexity index is 1450. The molecule has 0 spiro atoms. The fourth-order valence-corrected chi connectivity index (χ4v) is 4.38. The molecule has 0 saturated heterocycles. The molecule has 0 saturated carbocycles. The fourth-order valence-electron chi connectivity index (χ4n) is 2.87. The Hall–Kier alpha value is -3.58. The number of sulfonamides is 2. The van der Waals surface area contributed by atoms with Crippen molar-refractivity contribution in [1.29, 1.82) is 0 Å². The minimum absolute atomic E-state index is 0.0105. The molecule has 4 N–H and O–H groups in total. The summed E-state index contributed by atoms with van der Waals surface area (Å²) in [5.41, 5.74) is 1.05. The molecular formula is C22H22N4O6S2. The predicted octanol–water partition coefficient (Wildman–Crippen LogP) is 2.09. The van der Waals surface area contributed by atoms with Gasteiger partial charge in [0.15, 0.2) is 0 Å². The first kappa shape index (κ1) is 25.1. The van der Waals surface area contributed by atoms with Gasteiger partial charge in [-0.1, -0.05) is 12.1 Å². The Morgan fingerprint density at radius 3 is 1.88 bits per heavy atom. The van der Waals surface area contributed by atoms with Crippen LogP contribution in [0.3, 0.4) is 0 Å². The first-order chi connectivity index (χ1) is 15.9. The molecule has 0 bridgehead atoms. The van der Waals surface area contributed by atoms with Gasteiger partial charge in [0, 0.05) is 36.6 Å². The van der Waals surface area contributed by atoms with Crippen molar-refractivity contribution < 1.29 is 26.4 Å². The van der Waals surface area contributed by atoms with E-state index in [0.29, 0.717) is 5.69 Å². The zero-order valence-electron chi connectivity index (χ0n) is 18.2. The predicted molar refractivity (Wildman–Crippen MR) is 127 cm³/mol. The molecule has 0 atom stereocenters. The molecule has 3 aromatic rings. The first-order valence-corrected chi connectivity index (χ1v) is 12.7. The Balaban J connectivity index is 1.71. The molecule has 0 unspecified atom stereocenters. The molecule has 0 heterocycles. The van der Waals surface area contributed by atoms with Gasteiger partial charge >= 0.3 is 0 Å². The summed E-state index contributed by atoms with van der Waals surface area (Å²) in [5, 5.41) is 10.3. The molecule has 12 heteroatoms. The normalized spacial score (nSPS) is 11.8. The lowest BCUT2D eigenvalue weighted by Gasteiger charge is -2.12. The lowest BCUT2D eigenvalue weighted by molar-refractivity contribution is 0.101. The highest BCUT2D eigenvalue weighted by Crippen LogP contribution is 2.18. The summed E-state index contributed by atoms with van der Waals surface area (Å²) in [6.07, 6.45) is 0. The zero-order valence-corrected chi connectivity index (χ0v) is 19.9. The van der Waals surface area contributed by atoms with Crippen LogP contribution in [0.25, 0.3) is 0 Å². The average molecular weight is 503 g/mol. The topological polar surface area (TPSA) is 156 Å². The largest absolute Gasteiger partial charge is 0.322 e. The molecule has 3 aromatic carbocycles.